The molecule has 0 aliphatic carbocycles. The van der Waals surface area contributed by atoms with Gasteiger partial charge in [-0.05, 0) is 44.2 Å². The van der Waals surface area contributed by atoms with E-state index in [4.69, 9.17) is 0 Å². The fourth-order valence-electron chi connectivity index (χ4n) is 1.79. The van der Waals surface area contributed by atoms with Crippen molar-refractivity contribution >= 4 is 11.6 Å². The maximum Gasteiger partial charge on any atom is 0.251 e. The van der Waals surface area contributed by atoms with Gasteiger partial charge in [0, 0.05) is 29.2 Å². The molecule has 0 fully saturated rings. The van der Waals surface area contributed by atoms with Crippen molar-refractivity contribution in [1.29, 1.82) is 0 Å². The first-order valence-electron chi connectivity index (χ1n) is 6.42. The van der Waals surface area contributed by atoms with E-state index >= 15 is 0 Å². The first-order valence-corrected chi connectivity index (χ1v) is 6.42. The Balaban J connectivity index is 2.00. The Kier molecular flexibility index (Phi) is 4.23. The van der Waals surface area contributed by atoms with Gasteiger partial charge in [-0.25, -0.2) is 0 Å². The third-order valence-electron chi connectivity index (χ3n) is 2.69. The van der Waals surface area contributed by atoms with Gasteiger partial charge in [0.25, 0.3) is 5.91 Å². The van der Waals surface area contributed by atoms with Crippen LogP contribution in [0.2, 0.25) is 0 Å². The number of rotatable bonds is 5. The molecule has 0 saturated heterocycles. The average molecular weight is 257 g/mol. The number of benzene rings is 1. The Hall–Kier alpha value is -2.23. The van der Waals surface area contributed by atoms with Crippen molar-refractivity contribution in [1.82, 2.24) is 10.3 Å². The van der Waals surface area contributed by atoms with Crippen LogP contribution in [0.15, 0.2) is 42.6 Å². The maximum absolute atomic E-state index is 11.9. The number of carbonyl (C=O) groups excluding carboxylic acids is 1. The quantitative estimate of drug-likeness (QED) is 0.771. The third-order valence-corrected chi connectivity index (χ3v) is 2.69. The van der Waals surface area contributed by atoms with Crippen LogP contribution in [0, 0.1) is 0 Å². The number of nitrogens with one attached hydrogen (secondary N) is 3. The lowest BCUT2D eigenvalue weighted by Crippen LogP contribution is -2.30. The molecule has 0 unspecified atom stereocenters. The minimum atomic E-state index is -0.0430. The van der Waals surface area contributed by atoms with E-state index in [9.17, 15) is 4.79 Å². The first-order chi connectivity index (χ1) is 9.15. The molecule has 0 aliphatic rings. The van der Waals surface area contributed by atoms with Gasteiger partial charge >= 0.3 is 0 Å². The smallest absolute Gasteiger partial charge is 0.251 e. The van der Waals surface area contributed by atoms with E-state index in [-0.39, 0.29) is 11.9 Å². The minimum absolute atomic E-state index is 0.0430. The third kappa shape index (κ3) is 3.88. The Morgan fingerprint density at radius 1 is 1.26 bits per heavy atom. The largest absolute Gasteiger partial charge is 0.379 e. The van der Waals surface area contributed by atoms with Gasteiger partial charge in [0.1, 0.15) is 0 Å². The molecule has 1 heterocycles. The molecular weight excluding hydrogens is 238 g/mol. The molecule has 0 saturated carbocycles. The van der Waals surface area contributed by atoms with Gasteiger partial charge in [0.15, 0.2) is 0 Å². The van der Waals surface area contributed by atoms with Gasteiger partial charge < -0.3 is 15.6 Å². The Bertz CT molecular complexity index is 532. The van der Waals surface area contributed by atoms with Gasteiger partial charge in [-0.1, -0.05) is 6.07 Å². The molecule has 100 valence electrons. The van der Waals surface area contributed by atoms with Crippen molar-refractivity contribution in [2.45, 2.75) is 26.4 Å². The molecule has 1 aromatic carbocycles. The number of carbonyl (C=O) groups is 1. The molecule has 0 aliphatic heterocycles. The number of H-pyrrole nitrogens is 1. The van der Waals surface area contributed by atoms with Crippen LogP contribution in [-0.2, 0) is 6.54 Å². The fourth-order valence-corrected chi connectivity index (χ4v) is 1.79. The van der Waals surface area contributed by atoms with E-state index in [1.165, 1.54) is 0 Å². The van der Waals surface area contributed by atoms with E-state index in [0.717, 1.165) is 11.4 Å². The molecule has 0 radical (unpaired) electrons. The van der Waals surface area contributed by atoms with Crippen LogP contribution in [0.4, 0.5) is 5.69 Å². The average Bonchev–Trinajstić information content (AvgIpc) is 2.89. The van der Waals surface area contributed by atoms with Gasteiger partial charge in [-0.15, -0.1) is 0 Å². The summed E-state index contributed by atoms with van der Waals surface area (Å²) in [6.45, 7) is 4.61. The SMILES string of the molecule is CC(C)NC(=O)c1cccc(NCc2ccc[nH]2)c1. The molecule has 0 bridgehead atoms. The summed E-state index contributed by atoms with van der Waals surface area (Å²) in [7, 11) is 0. The number of hydrogen-bond donors (Lipinski definition) is 3. The van der Waals surface area contributed by atoms with E-state index in [1.54, 1.807) is 0 Å². The summed E-state index contributed by atoms with van der Waals surface area (Å²) >= 11 is 0. The van der Waals surface area contributed by atoms with E-state index in [1.807, 2.05) is 56.4 Å². The van der Waals surface area contributed by atoms with Crippen LogP contribution in [0.5, 0.6) is 0 Å². The summed E-state index contributed by atoms with van der Waals surface area (Å²) < 4.78 is 0. The van der Waals surface area contributed by atoms with Crippen molar-refractivity contribution in [2.24, 2.45) is 0 Å². The van der Waals surface area contributed by atoms with Crippen LogP contribution < -0.4 is 10.6 Å². The lowest BCUT2D eigenvalue weighted by molar-refractivity contribution is 0.0943. The fraction of sp³-hybridized carbons (Fsp3) is 0.267. The van der Waals surface area contributed by atoms with Crippen LogP contribution in [-0.4, -0.2) is 16.9 Å². The Morgan fingerprint density at radius 3 is 2.79 bits per heavy atom. The summed E-state index contributed by atoms with van der Waals surface area (Å²) in [5.41, 5.74) is 2.72. The highest BCUT2D eigenvalue weighted by Gasteiger charge is 2.07. The van der Waals surface area contributed by atoms with Crippen molar-refractivity contribution in [3.05, 3.63) is 53.9 Å². The molecule has 3 N–H and O–H groups in total. The van der Waals surface area contributed by atoms with Crippen molar-refractivity contribution in [2.75, 3.05) is 5.32 Å². The Labute approximate surface area is 113 Å². The highest BCUT2D eigenvalue weighted by molar-refractivity contribution is 5.95. The molecule has 2 aromatic rings. The molecule has 4 nitrogen and oxygen atoms in total. The number of hydrogen-bond acceptors (Lipinski definition) is 2. The lowest BCUT2D eigenvalue weighted by Gasteiger charge is -2.10. The van der Waals surface area contributed by atoms with Crippen LogP contribution in [0.3, 0.4) is 0 Å². The normalized spacial score (nSPS) is 10.5. The van der Waals surface area contributed by atoms with Crippen molar-refractivity contribution < 1.29 is 4.79 Å². The number of aromatic nitrogens is 1. The summed E-state index contributed by atoms with van der Waals surface area (Å²) in [6.07, 6.45) is 1.89. The standard InChI is InChI=1S/C15H19N3O/c1-11(2)18-15(19)12-5-3-6-13(9-12)17-10-14-7-4-8-16-14/h3-9,11,16-17H,10H2,1-2H3,(H,18,19). The first kappa shape index (κ1) is 13.2. The summed E-state index contributed by atoms with van der Waals surface area (Å²) in [6, 6.07) is 11.6. The highest BCUT2D eigenvalue weighted by Crippen LogP contribution is 2.12. The zero-order valence-corrected chi connectivity index (χ0v) is 11.2. The molecule has 1 aromatic heterocycles. The zero-order chi connectivity index (χ0) is 13.7. The van der Waals surface area contributed by atoms with Crippen LogP contribution >= 0.6 is 0 Å². The van der Waals surface area contributed by atoms with Gasteiger partial charge in [-0.3, -0.25) is 4.79 Å². The molecule has 1 amide bonds. The molecule has 0 atom stereocenters. The topological polar surface area (TPSA) is 56.9 Å². The highest BCUT2D eigenvalue weighted by atomic mass is 16.1. The second kappa shape index (κ2) is 6.09. The number of anilines is 1. The summed E-state index contributed by atoms with van der Waals surface area (Å²) in [5.74, 6) is -0.0430. The van der Waals surface area contributed by atoms with Crippen LogP contribution in [0.25, 0.3) is 0 Å². The van der Waals surface area contributed by atoms with Gasteiger partial charge in [0.05, 0.1) is 6.54 Å². The predicted molar refractivity (Wildman–Crippen MR) is 77.2 cm³/mol. The van der Waals surface area contributed by atoms with Crippen molar-refractivity contribution in [3.63, 3.8) is 0 Å². The summed E-state index contributed by atoms with van der Waals surface area (Å²) in [4.78, 5) is 15.0. The molecule has 19 heavy (non-hydrogen) atoms. The minimum Gasteiger partial charge on any atom is -0.379 e. The second-order valence-corrected chi connectivity index (χ2v) is 4.76. The van der Waals surface area contributed by atoms with Crippen molar-refractivity contribution in [3.8, 4) is 0 Å². The van der Waals surface area contributed by atoms with E-state index in [0.29, 0.717) is 12.1 Å². The van der Waals surface area contributed by atoms with Gasteiger partial charge in [0.2, 0.25) is 0 Å². The molecule has 4 heteroatoms. The molecule has 2 rings (SSSR count). The predicted octanol–water partition coefficient (Wildman–Crippen LogP) is 2.77. The maximum atomic E-state index is 11.9. The van der Waals surface area contributed by atoms with Gasteiger partial charge in [-0.2, -0.15) is 0 Å². The zero-order valence-electron chi connectivity index (χ0n) is 11.2. The molecule has 0 spiro atoms. The molecular formula is C15H19N3O. The second-order valence-electron chi connectivity index (χ2n) is 4.76. The van der Waals surface area contributed by atoms with Crippen LogP contribution in [0.1, 0.15) is 29.9 Å². The monoisotopic (exact) mass is 257 g/mol. The summed E-state index contributed by atoms with van der Waals surface area (Å²) in [5, 5.41) is 6.17. The van der Waals surface area contributed by atoms with E-state index < -0.39 is 0 Å². The Morgan fingerprint density at radius 2 is 2.11 bits per heavy atom. The number of amides is 1. The van der Waals surface area contributed by atoms with E-state index in [2.05, 4.69) is 15.6 Å². The lowest BCUT2D eigenvalue weighted by atomic mass is 10.1. The number of aromatic amines is 1.